The van der Waals surface area contributed by atoms with E-state index in [9.17, 15) is 4.79 Å². The van der Waals surface area contributed by atoms with E-state index in [0.29, 0.717) is 25.4 Å². The summed E-state index contributed by atoms with van der Waals surface area (Å²) in [6.45, 7) is 1.14. The summed E-state index contributed by atoms with van der Waals surface area (Å²) in [4.78, 5) is 11.8. The zero-order valence-electron chi connectivity index (χ0n) is 9.14. The van der Waals surface area contributed by atoms with Gasteiger partial charge in [-0.1, -0.05) is 0 Å². The molecule has 1 aliphatic rings. The summed E-state index contributed by atoms with van der Waals surface area (Å²) in [6.07, 6.45) is 2.13. The molecule has 1 atom stereocenters. The number of aryl methyl sites for hydroxylation is 1. The lowest BCUT2D eigenvalue weighted by Crippen LogP contribution is -2.54. The lowest BCUT2D eigenvalue weighted by atomic mass is 9.99. The quantitative estimate of drug-likeness (QED) is 0.656. The third kappa shape index (κ3) is 2.05. The molecule has 3 N–H and O–H groups in total. The monoisotopic (exact) mass is 225 g/mol. The van der Waals surface area contributed by atoms with Crippen molar-refractivity contribution in [3.8, 4) is 0 Å². The molecule has 2 heterocycles. The van der Waals surface area contributed by atoms with Gasteiger partial charge in [0.05, 0.1) is 13.2 Å². The molecule has 2 rings (SSSR count). The SMILES string of the molecule is Cn1cnnc1CNC(=O)C1(N)CCOC1. The first kappa shape index (κ1) is 11.0. The van der Waals surface area contributed by atoms with E-state index < -0.39 is 5.54 Å². The van der Waals surface area contributed by atoms with Gasteiger partial charge in [0, 0.05) is 13.7 Å². The molecule has 0 spiro atoms. The fourth-order valence-corrected chi connectivity index (χ4v) is 1.56. The molecule has 88 valence electrons. The van der Waals surface area contributed by atoms with E-state index in [1.54, 1.807) is 10.9 Å². The van der Waals surface area contributed by atoms with Crippen LogP contribution in [0.1, 0.15) is 12.2 Å². The Balaban J connectivity index is 1.91. The highest BCUT2D eigenvalue weighted by Crippen LogP contribution is 2.15. The average molecular weight is 225 g/mol. The maximum atomic E-state index is 11.8. The Hall–Kier alpha value is -1.47. The number of carbonyl (C=O) groups excluding carboxylic acids is 1. The number of carbonyl (C=O) groups is 1. The number of hydrogen-bond donors (Lipinski definition) is 2. The van der Waals surface area contributed by atoms with Crippen molar-refractivity contribution >= 4 is 5.91 Å². The molecule has 1 fully saturated rings. The van der Waals surface area contributed by atoms with E-state index in [1.807, 2.05) is 7.05 Å². The number of ether oxygens (including phenoxy) is 1. The third-order valence-corrected chi connectivity index (χ3v) is 2.72. The van der Waals surface area contributed by atoms with E-state index in [1.165, 1.54) is 0 Å². The van der Waals surface area contributed by atoms with Gasteiger partial charge >= 0.3 is 0 Å². The summed E-state index contributed by atoms with van der Waals surface area (Å²) in [6, 6.07) is 0. The van der Waals surface area contributed by atoms with Gasteiger partial charge < -0.3 is 20.4 Å². The Morgan fingerprint density at radius 2 is 2.62 bits per heavy atom. The summed E-state index contributed by atoms with van der Waals surface area (Å²) in [5.41, 5.74) is 5.01. The molecule has 1 aromatic heterocycles. The number of nitrogens with two attached hydrogens (primary N) is 1. The van der Waals surface area contributed by atoms with Crippen LogP contribution in [0.25, 0.3) is 0 Å². The second-order valence-electron chi connectivity index (χ2n) is 4.00. The molecule has 7 nitrogen and oxygen atoms in total. The van der Waals surface area contributed by atoms with Crippen molar-refractivity contribution in [2.75, 3.05) is 13.2 Å². The van der Waals surface area contributed by atoms with Gasteiger partial charge in [-0.25, -0.2) is 0 Å². The molecule has 0 aromatic carbocycles. The first-order chi connectivity index (χ1) is 7.62. The number of amides is 1. The Kier molecular flexibility index (Phi) is 2.88. The standard InChI is InChI=1S/C9H15N5O2/c1-14-6-12-13-7(14)4-11-8(15)9(10)2-3-16-5-9/h6H,2-5,10H2,1H3,(H,11,15). The molecule has 1 unspecified atom stereocenters. The predicted molar refractivity (Wildman–Crippen MR) is 55.2 cm³/mol. The van der Waals surface area contributed by atoms with Crippen LogP contribution in [0.4, 0.5) is 0 Å². The largest absolute Gasteiger partial charge is 0.379 e. The molecule has 7 heteroatoms. The Bertz CT molecular complexity index is 383. The van der Waals surface area contributed by atoms with Gasteiger partial charge in [0.25, 0.3) is 0 Å². The average Bonchev–Trinajstić information content (AvgIpc) is 2.85. The molecule has 0 saturated carbocycles. The second-order valence-corrected chi connectivity index (χ2v) is 4.00. The van der Waals surface area contributed by atoms with Crippen LogP contribution >= 0.6 is 0 Å². The van der Waals surface area contributed by atoms with Crippen LogP contribution in [0.15, 0.2) is 6.33 Å². The predicted octanol–water partition coefficient (Wildman–Crippen LogP) is -1.45. The van der Waals surface area contributed by atoms with Gasteiger partial charge in [-0.05, 0) is 6.42 Å². The maximum Gasteiger partial charge on any atom is 0.242 e. The Labute approximate surface area is 93.0 Å². The fraction of sp³-hybridized carbons (Fsp3) is 0.667. The van der Waals surface area contributed by atoms with E-state index in [4.69, 9.17) is 10.5 Å². The molecular formula is C9H15N5O2. The van der Waals surface area contributed by atoms with E-state index in [2.05, 4.69) is 15.5 Å². The summed E-state index contributed by atoms with van der Waals surface area (Å²) in [5.74, 6) is 0.490. The van der Waals surface area contributed by atoms with Crippen LogP contribution in [0.2, 0.25) is 0 Å². The first-order valence-electron chi connectivity index (χ1n) is 5.10. The van der Waals surface area contributed by atoms with E-state index in [-0.39, 0.29) is 12.5 Å². The second kappa shape index (κ2) is 4.18. The van der Waals surface area contributed by atoms with Crippen molar-refractivity contribution in [2.45, 2.75) is 18.5 Å². The van der Waals surface area contributed by atoms with Crippen LogP contribution in [0.5, 0.6) is 0 Å². The summed E-state index contributed by atoms with van der Waals surface area (Å²) < 4.78 is 6.87. The number of nitrogens with zero attached hydrogens (tertiary/aromatic N) is 3. The lowest BCUT2D eigenvalue weighted by molar-refractivity contribution is -0.126. The van der Waals surface area contributed by atoms with E-state index in [0.717, 1.165) is 0 Å². The fourth-order valence-electron chi connectivity index (χ4n) is 1.56. The number of aromatic nitrogens is 3. The maximum absolute atomic E-state index is 11.8. The van der Waals surface area contributed by atoms with E-state index >= 15 is 0 Å². The summed E-state index contributed by atoms with van der Waals surface area (Å²) in [7, 11) is 1.82. The molecular weight excluding hydrogens is 210 g/mol. The number of hydrogen-bond acceptors (Lipinski definition) is 5. The molecule has 1 amide bonds. The van der Waals surface area contributed by atoms with Gasteiger partial charge in [-0.15, -0.1) is 10.2 Å². The molecule has 1 aliphatic heterocycles. The van der Waals surface area contributed by atoms with Gasteiger partial charge in [0.1, 0.15) is 11.9 Å². The van der Waals surface area contributed by atoms with Gasteiger partial charge in [-0.2, -0.15) is 0 Å². The van der Waals surface area contributed by atoms with Crippen LogP contribution in [-0.2, 0) is 23.1 Å². The van der Waals surface area contributed by atoms with Crippen LogP contribution in [-0.4, -0.2) is 39.4 Å². The van der Waals surface area contributed by atoms with Crippen molar-refractivity contribution in [1.29, 1.82) is 0 Å². The summed E-state index contributed by atoms with van der Waals surface area (Å²) >= 11 is 0. The van der Waals surface area contributed by atoms with Crippen molar-refractivity contribution in [3.05, 3.63) is 12.2 Å². The minimum Gasteiger partial charge on any atom is -0.379 e. The van der Waals surface area contributed by atoms with Crippen LogP contribution in [0, 0.1) is 0 Å². The molecule has 1 aromatic rings. The summed E-state index contributed by atoms with van der Waals surface area (Å²) in [5, 5.41) is 10.3. The zero-order chi connectivity index (χ0) is 11.6. The molecule has 16 heavy (non-hydrogen) atoms. The van der Waals surface area contributed by atoms with Crippen LogP contribution in [0.3, 0.4) is 0 Å². The van der Waals surface area contributed by atoms with Gasteiger partial charge in [0.15, 0.2) is 5.82 Å². The van der Waals surface area contributed by atoms with Gasteiger partial charge in [0.2, 0.25) is 5.91 Å². The first-order valence-corrected chi connectivity index (χ1v) is 5.10. The highest BCUT2D eigenvalue weighted by Gasteiger charge is 2.38. The van der Waals surface area contributed by atoms with Gasteiger partial charge in [-0.3, -0.25) is 4.79 Å². The molecule has 1 saturated heterocycles. The third-order valence-electron chi connectivity index (χ3n) is 2.72. The zero-order valence-corrected chi connectivity index (χ0v) is 9.14. The smallest absolute Gasteiger partial charge is 0.242 e. The highest BCUT2D eigenvalue weighted by atomic mass is 16.5. The Morgan fingerprint density at radius 1 is 1.81 bits per heavy atom. The van der Waals surface area contributed by atoms with Crippen molar-refractivity contribution < 1.29 is 9.53 Å². The minimum atomic E-state index is -0.890. The van der Waals surface area contributed by atoms with Crippen LogP contribution < -0.4 is 11.1 Å². The number of rotatable bonds is 3. The van der Waals surface area contributed by atoms with Crippen molar-refractivity contribution in [3.63, 3.8) is 0 Å². The normalized spacial score (nSPS) is 24.6. The molecule has 0 radical (unpaired) electrons. The molecule has 0 aliphatic carbocycles. The number of nitrogens with one attached hydrogen (secondary N) is 1. The topological polar surface area (TPSA) is 95.1 Å². The van der Waals surface area contributed by atoms with Crippen molar-refractivity contribution in [2.24, 2.45) is 12.8 Å². The molecule has 0 bridgehead atoms. The lowest BCUT2D eigenvalue weighted by Gasteiger charge is -2.20. The Morgan fingerprint density at radius 3 is 3.19 bits per heavy atom. The van der Waals surface area contributed by atoms with Crippen molar-refractivity contribution in [1.82, 2.24) is 20.1 Å². The highest BCUT2D eigenvalue weighted by molar-refractivity contribution is 5.86. The minimum absolute atomic E-state index is 0.201.